The summed E-state index contributed by atoms with van der Waals surface area (Å²) in [4.78, 5) is 4.31. The lowest BCUT2D eigenvalue weighted by molar-refractivity contribution is 0.475. The third-order valence-corrected chi connectivity index (χ3v) is 2.81. The highest BCUT2D eigenvalue weighted by Gasteiger charge is 2.08. The molecule has 1 aromatic rings. The number of imidazole rings is 1. The summed E-state index contributed by atoms with van der Waals surface area (Å²) in [7, 11) is 2.00. The van der Waals surface area contributed by atoms with Crippen molar-refractivity contribution in [1.82, 2.24) is 14.9 Å². The average molecular weight is 195 g/mol. The molecule has 0 spiro atoms. The molecule has 1 atom stereocenters. The Morgan fingerprint density at radius 1 is 1.50 bits per heavy atom. The number of nitrogens with one attached hydrogen (secondary N) is 1. The van der Waals surface area contributed by atoms with Crippen molar-refractivity contribution in [3.63, 3.8) is 0 Å². The third-order valence-electron chi connectivity index (χ3n) is 2.81. The summed E-state index contributed by atoms with van der Waals surface area (Å²) in [6.45, 7) is 7.55. The summed E-state index contributed by atoms with van der Waals surface area (Å²) < 4.78 is 2.27. The lowest BCUT2D eigenvalue weighted by Crippen LogP contribution is -2.11. The normalized spacial score (nSPS) is 13.1. The summed E-state index contributed by atoms with van der Waals surface area (Å²) in [5.74, 6) is 0. The predicted molar refractivity (Wildman–Crippen MR) is 59.6 cm³/mol. The Morgan fingerprint density at radius 2 is 2.21 bits per heavy atom. The van der Waals surface area contributed by atoms with Crippen molar-refractivity contribution in [2.45, 2.75) is 39.7 Å². The maximum absolute atomic E-state index is 4.31. The Labute approximate surface area is 86.5 Å². The van der Waals surface area contributed by atoms with Gasteiger partial charge in [0.05, 0.1) is 12.0 Å². The molecule has 0 saturated carbocycles. The van der Waals surface area contributed by atoms with Crippen molar-refractivity contribution in [3.05, 3.63) is 17.7 Å². The summed E-state index contributed by atoms with van der Waals surface area (Å²) in [5.41, 5.74) is 2.44. The van der Waals surface area contributed by atoms with Crippen molar-refractivity contribution in [2.24, 2.45) is 0 Å². The standard InChI is InChI=1S/C11H21N3/c1-9(6-5-7-12-4)14-8-13-10(2)11(14)3/h8-9,12H,5-7H2,1-4H3. The van der Waals surface area contributed by atoms with Crippen LogP contribution in [0.15, 0.2) is 6.33 Å². The van der Waals surface area contributed by atoms with Gasteiger partial charge in [0.2, 0.25) is 0 Å². The van der Waals surface area contributed by atoms with Gasteiger partial charge in [-0.15, -0.1) is 0 Å². The number of aromatic nitrogens is 2. The topological polar surface area (TPSA) is 29.9 Å². The van der Waals surface area contributed by atoms with E-state index in [4.69, 9.17) is 0 Å². The summed E-state index contributed by atoms with van der Waals surface area (Å²) in [5, 5.41) is 3.17. The zero-order chi connectivity index (χ0) is 10.6. The summed E-state index contributed by atoms with van der Waals surface area (Å²) in [6.07, 6.45) is 4.38. The van der Waals surface area contributed by atoms with Gasteiger partial charge in [0.25, 0.3) is 0 Å². The van der Waals surface area contributed by atoms with Gasteiger partial charge in [-0.25, -0.2) is 4.98 Å². The zero-order valence-corrected chi connectivity index (χ0v) is 9.67. The molecule has 0 aliphatic heterocycles. The Morgan fingerprint density at radius 3 is 2.71 bits per heavy atom. The fraction of sp³-hybridized carbons (Fsp3) is 0.727. The van der Waals surface area contributed by atoms with Crippen molar-refractivity contribution in [1.29, 1.82) is 0 Å². The Kier molecular flexibility index (Phi) is 4.14. The Balaban J connectivity index is 2.52. The second kappa shape index (κ2) is 5.15. The molecule has 0 amide bonds. The smallest absolute Gasteiger partial charge is 0.0953 e. The van der Waals surface area contributed by atoms with Crippen LogP contribution < -0.4 is 5.32 Å². The fourth-order valence-electron chi connectivity index (χ4n) is 1.67. The minimum atomic E-state index is 0.560. The molecule has 1 aromatic heterocycles. The highest BCUT2D eigenvalue weighted by Crippen LogP contribution is 2.16. The molecular formula is C11H21N3. The average Bonchev–Trinajstić information content (AvgIpc) is 2.48. The van der Waals surface area contributed by atoms with Crippen molar-refractivity contribution < 1.29 is 0 Å². The van der Waals surface area contributed by atoms with Gasteiger partial charge < -0.3 is 9.88 Å². The molecule has 1 heterocycles. The van der Waals surface area contributed by atoms with Gasteiger partial charge in [-0.2, -0.15) is 0 Å². The molecule has 80 valence electrons. The zero-order valence-electron chi connectivity index (χ0n) is 9.67. The van der Waals surface area contributed by atoms with E-state index < -0.39 is 0 Å². The number of rotatable bonds is 5. The molecule has 1 unspecified atom stereocenters. The van der Waals surface area contributed by atoms with E-state index in [0.717, 1.165) is 12.2 Å². The first kappa shape index (κ1) is 11.2. The predicted octanol–water partition coefficient (Wildman–Crippen LogP) is 2.06. The number of hydrogen-bond donors (Lipinski definition) is 1. The number of nitrogens with zero attached hydrogens (tertiary/aromatic N) is 2. The molecule has 14 heavy (non-hydrogen) atoms. The lowest BCUT2D eigenvalue weighted by atomic mass is 10.1. The third kappa shape index (κ3) is 2.58. The highest BCUT2D eigenvalue weighted by atomic mass is 15.1. The maximum atomic E-state index is 4.31. The van der Waals surface area contributed by atoms with Gasteiger partial charge in [-0.05, 0) is 47.2 Å². The Hall–Kier alpha value is -0.830. The fourth-order valence-corrected chi connectivity index (χ4v) is 1.67. The summed E-state index contributed by atoms with van der Waals surface area (Å²) >= 11 is 0. The van der Waals surface area contributed by atoms with E-state index in [0.29, 0.717) is 6.04 Å². The first-order valence-corrected chi connectivity index (χ1v) is 5.31. The van der Waals surface area contributed by atoms with Crippen molar-refractivity contribution >= 4 is 0 Å². The molecule has 1 rings (SSSR count). The second-order valence-electron chi connectivity index (χ2n) is 3.92. The molecular weight excluding hydrogens is 174 g/mol. The van der Waals surface area contributed by atoms with Gasteiger partial charge >= 0.3 is 0 Å². The van der Waals surface area contributed by atoms with Gasteiger partial charge in [0.15, 0.2) is 0 Å². The molecule has 1 N–H and O–H groups in total. The first-order valence-electron chi connectivity index (χ1n) is 5.31. The van der Waals surface area contributed by atoms with Crippen LogP contribution in [-0.2, 0) is 0 Å². The van der Waals surface area contributed by atoms with E-state index in [1.807, 2.05) is 13.4 Å². The maximum Gasteiger partial charge on any atom is 0.0953 e. The molecule has 0 bridgehead atoms. The van der Waals surface area contributed by atoms with E-state index in [1.54, 1.807) is 0 Å². The van der Waals surface area contributed by atoms with Crippen LogP contribution in [-0.4, -0.2) is 23.1 Å². The quantitative estimate of drug-likeness (QED) is 0.729. The van der Waals surface area contributed by atoms with Crippen molar-refractivity contribution in [3.8, 4) is 0 Å². The van der Waals surface area contributed by atoms with Crippen LogP contribution in [0.3, 0.4) is 0 Å². The van der Waals surface area contributed by atoms with Gasteiger partial charge in [0.1, 0.15) is 0 Å². The van der Waals surface area contributed by atoms with Crippen LogP contribution >= 0.6 is 0 Å². The summed E-state index contributed by atoms with van der Waals surface area (Å²) in [6, 6.07) is 0.560. The largest absolute Gasteiger partial charge is 0.332 e. The van der Waals surface area contributed by atoms with E-state index in [9.17, 15) is 0 Å². The molecule has 0 saturated heterocycles. The van der Waals surface area contributed by atoms with Crippen LogP contribution in [0.4, 0.5) is 0 Å². The Bertz CT molecular complexity index is 278. The number of aryl methyl sites for hydroxylation is 1. The first-order chi connectivity index (χ1) is 6.66. The second-order valence-corrected chi connectivity index (χ2v) is 3.92. The minimum absolute atomic E-state index is 0.560. The van der Waals surface area contributed by atoms with Crippen LogP contribution in [0.5, 0.6) is 0 Å². The molecule has 0 radical (unpaired) electrons. The molecule has 0 aliphatic carbocycles. The monoisotopic (exact) mass is 195 g/mol. The van der Waals surface area contributed by atoms with Crippen LogP contribution in [0.25, 0.3) is 0 Å². The van der Waals surface area contributed by atoms with Gasteiger partial charge in [0, 0.05) is 11.7 Å². The minimum Gasteiger partial charge on any atom is -0.332 e. The highest BCUT2D eigenvalue weighted by molar-refractivity contribution is 5.09. The van der Waals surface area contributed by atoms with E-state index in [-0.39, 0.29) is 0 Å². The molecule has 3 nitrogen and oxygen atoms in total. The van der Waals surface area contributed by atoms with Crippen LogP contribution in [0.2, 0.25) is 0 Å². The lowest BCUT2D eigenvalue weighted by Gasteiger charge is -2.15. The van der Waals surface area contributed by atoms with E-state index in [1.165, 1.54) is 18.5 Å². The van der Waals surface area contributed by atoms with E-state index in [2.05, 4.69) is 35.6 Å². The van der Waals surface area contributed by atoms with Crippen LogP contribution in [0.1, 0.15) is 37.2 Å². The molecule has 3 heteroatoms. The molecule has 0 aromatic carbocycles. The van der Waals surface area contributed by atoms with E-state index >= 15 is 0 Å². The van der Waals surface area contributed by atoms with Gasteiger partial charge in [-0.3, -0.25) is 0 Å². The van der Waals surface area contributed by atoms with Crippen LogP contribution in [0, 0.1) is 13.8 Å². The van der Waals surface area contributed by atoms with Gasteiger partial charge in [-0.1, -0.05) is 0 Å². The molecule has 0 fully saturated rings. The SMILES string of the molecule is CNCCCC(C)n1cnc(C)c1C. The number of hydrogen-bond acceptors (Lipinski definition) is 2. The van der Waals surface area contributed by atoms with Crippen molar-refractivity contribution in [2.75, 3.05) is 13.6 Å². The molecule has 0 aliphatic rings.